The van der Waals surface area contributed by atoms with Crippen LogP contribution in [0.15, 0.2) is 65.6 Å². The van der Waals surface area contributed by atoms with E-state index in [1.165, 1.54) is 4.68 Å². The highest BCUT2D eigenvalue weighted by atomic mass is 16.5. The lowest BCUT2D eigenvalue weighted by atomic mass is 10.2. The van der Waals surface area contributed by atoms with Crippen LogP contribution in [-0.4, -0.2) is 27.4 Å². The number of nitrogens with zero attached hydrogens (tertiary/aromatic N) is 3. The van der Waals surface area contributed by atoms with Crippen molar-refractivity contribution < 1.29 is 9.53 Å². The summed E-state index contributed by atoms with van der Waals surface area (Å²) in [6.45, 7) is 5.59. The van der Waals surface area contributed by atoms with E-state index < -0.39 is 6.04 Å². The number of rotatable bonds is 5. The number of aryl methyl sites for hydroxylation is 2. The average molecular weight is 416 g/mol. The Morgan fingerprint density at radius 3 is 2.35 bits per heavy atom. The molecular weight excluding hydrogens is 392 g/mol. The van der Waals surface area contributed by atoms with E-state index in [1.54, 1.807) is 37.6 Å². The fourth-order valence-electron chi connectivity index (χ4n) is 3.95. The molecule has 7 heteroatoms. The maximum absolute atomic E-state index is 13.2. The van der Waals surface area contributed by atoms with Crippen LogP contribution in [0.2, 0.25) is 0 Å². The molecule has 1 atom stereocenters. The highest BCUT2D eigenvalue weighted by Crippen LogP contribution is 2.27. The molecule has 0 aliphatic carbocycles. The Bertz CT molecular complexity index is 1300. The van der Waals surface area contributed by atoms with Crippen LogP contribution in [-0.2, 0) is 4.79 Å². The molecule has 0 bridgehead atoms. The second-order valence-corrected chi connectivity index (χ2v) is 7.42. The number of methoxy groups -OCH3 is 1. The van der Waals surface area contributed by atoms with E-state index in [9.17, 15) is 9.59 Å². The van der Waals surface area contributed by atoms with Crippen LogP contribution in [0.4, 0.5) is 5.69 Å². The van der Waals surface area contributed by atoms with Crippen LogP contribution >= 0.6 is 0 Å². The number of carbonyl (C=O) groups is 1. The van der Waals surface area contributed by atoms with Crippen LogP contribution in [0.1, 0.15) is 24.4 Å². The molecule has 2 aromatic heterocycles. The maximum Gasteiger partial charge on any atom is 0.281 e. The lowest BCUT2D eigenvalue weighted by Gasteiger charge is -2.18. The monoisotopic (exact) mass is 416 g/mol. The normalized spacial score (nSPS) is 12.0. The van der Waals surface area contributed by atoms with E-state index in [2.05, 4.69) is 10.4 Å². The van der Waals surface area contributed by atoms with Gasteiger partial charge in [-0.2, -0.15) is 9.78 Å². The number of hydrogen-bond acceptors (Lipinski definition) is 4. The minimum absolute atomic E-state index is 0.173. The van der Waals surface area contributed by atoms with Gasteiger partial charge in [0, 0.05) is 22.5 Å². The van der Waals surface area contributed by atoms with Gasteiger partial charge in [0.15, 0.2) is 0 Å². The molecule has 31 heavy (non-hydrogen) atoms. The first-order valence-electron chi connectivity index (χ1n) is 10.0. The van der Waals surface area contributed by atoms with Gasteiger partial charge in [-0.25, -0.2) is 0 Å². The van der Waals surface area contributed by atoms with Gasteiger partial charge in [-0.3, -0.25) is 9.59 Å². The highest BCUT2D eigenvalue weighted by Gasteiger charge is 2.23. The number of ether oxygens (including phenoxy) is 1. The second-order valence-electron chi connectivity index (χ2n) is 7.42. The first-order chi connectivity index (χ1) is 14.9. The lowest BCUT2D eigenvalue weighted by molar-refractivity contribution is -0.118. The Morgan fingerprint density at radius 2 is 1.71 bits per heavy atom. The molecule has 158 valence electrons. The largest absolute Gasteiger partial charge is 0.497 e. The summed E-state index contributed by atoms with van der Waals surface area (Å²) >= 11 is 0. The molecule has 2 aromatic carbocycles. The quantitative estimate of drug-likeness (QED) is 0.533. The van der Waals surface area contributed by atoms with E-state index >= 15 is 0 Å². The molecule has 0 aliphatic rings. The molecule has 0 saturated heterocycles. The van der Waals surface area contributed by atoms with E-state index in [-0.39, 0.29) is 11.5 Å². The summed E-state index contributed by atoms with van der Waals surface area (Å²) in [6, 6.07) is 15.9. The fourth-order valence-corrected chi connectivity index (χ4v) is 3.95. The van der Waals surface area contributed by atoms with Crippen LogP contribution < -0.4 is 15.6 Å². The number of benzene rings is 2. The molecule has 0 fully saturated rings. The van der Waals surface area contributed by atoms with Gasteiger partial charge in [0.2, 0.25) is 5.91 Å². The zero-order chi connectivity index (χ0) is 22.1. The topological polar surface area (TPSA) is 78.2 Å². The van der Waals surface area contributed by atoms with Gasteiger partial charge >= 0.3 is 0 Å². The molecule has 7 nitrogen and oxygen atoms in total. The maximum atomic E-state index is 13.2. The average Bonchev–Trinajstić information content (AvgIpc) is 3.05. The standard InChI is InChI=1S/C24H24N4O3/c1-15-21-14-25-28(19-8-6-5-7-9-19)24(30)22(21)16(2)27(15)17(3)23(29)26-18-10-12-20(31-4)13-11-18/h5-14,17H,1-4H3,(H,26,29)/t17-/m0/s1. The summed E-state index contributed by atoms with van der Waals surface area (Å²) in [6.07, 6.45) is 1.69. The van der Waals surface area contributed by atoms with E-state index in [1.807, 2.05) is 55.7 Å². The Kier molecular flexibility index (Phi) is 5.33. The van der Waals surface area contributed by atoms with Gasteiger partial charge in [-0.15, -0.1) is 0 Å². The van der Waals surface area contributed by atoms with Crippen molar-refractivity contribution in [3.63, 3.8) is 0 Å². The molecule has 4 aromatic rings. The molecule has 0 saturated carbocycles. The Balaban J connectivity index is 1.72. The van der Waals surface area contributed by atoms with E-state index in [0.717, 1.165) is 22.5 Å². The molecule has 1 amide bonds. The number of nitrogens with one attached hydrogen (secondary N) is 1. The molecule has 0 radical (unpaired) electrons. The third-order valence-electron chi connectivity index (χ3n) is 5.58. The zero-order valence-corrected chi connectivity index (χ0v) is 17.9. The van der Waals surface area contributed by atoms with Gasteiger partial charge in [0.05, 0.1) is 24.4 Å². The van der Waals surface area contributed by atoms with Gasteiger partial charge in [-0.1, -0.05) is 18.2 Å². The molecule has 0 aliphatic heterocycles. The van der Waals surface area contributed by atoms with Gasteiger partial charge in [0.25, 0.3) is 5.56 Å². The summed E-state index contributed by atoms with van der Waals surface area (Å²) < 4.78 is 8.44. The van der Waals surface area contributed by atoms with Crippen molar-refractivity contribution in [1.29, 1.82) is 0 Å². The predicted octanol–water partition coefficient (Wildman–Crippen LogP) is 4.01. The Hall–Kier alpha value is -3.87. The molecule has 1 N–H and O–H groups in total. The lowest BCUT2D eigenvalue weighted by Crippen LogP contribution is -2.25. The molecular formula is C24H24N4O3. The minimum Gasteiger partial charge on any atom is -0.497 e. The van der Waals surface area contributed by atoms with Crippen LogP contribution in [0.3, 0.4) is 0 Å². The van der Waals surface area contributed by atoms with Gasteiger partial charge in [-0.05, 0) is 57.2 Å². The number of aromatic nitrogens is 3. The third kappa shape index (κ3) is 3.59. The van der Waals surface area contributed by atoms with Crippen molar-refractivity contribution in [2.24, 2.45) is 0 Å². The van der Waals surface area contributed by atoms with Crippen molar-refractivity contribution in [3.05, 3.63) is 82.5 Å². The summed E-state index contributed by atoms with van der Waals surface area (Å²) in [7, 11) is 1.60. The number of para-hydroxylation sites is 1. The SMILES string of the molecule is COc1ccc(NC(=O)[C@H](C)n2c(C)c3cnn(-c4ccccc4)c(=O)c3c2C)cc1. The zero-order valence-electron chi connectivity index (χ0n) is 17.9. The molecule has 2 heterocycles. The van der Waals surface area contributed by atoms with Crippen molar-refractivity contribution in [2.45, 2.75) is 26.8 Å². The number of anilines is 1. The van der Waals surface area contributed by atoms with Crippen molar-refractivity contribution >= 4 is 22.4 Å². The van der Waals surface area contributed by atoms with Gasteiger partial charge in [0.1, 0.15) is 11.8 Å². The van der Waals surface area contributed by atoms with E-state index in [4.69, 9.17) is 4.74 Å². The highest BCUT2D eigenvalue weighted by molar-refractivity contribution is 5.95. The van der Waals surface area contributed by atoms with Crippen LogP contribution in [0.5, 0.6) is 5.75 Å². The van der Waals surface area contributed by atoms with Crippen molar-refractivity contribution in [3.8, 4) is 11.4 Å². The predicted molar refractivity (Wildman–Crippen MR) is 121 cm³/mol. The summed E-state index contributed by atoms with van der Waals surface area (Å²) in [5.41, 5.74) is 2.74. The third-order valence-corrected chi connectivity index (χ3v) is 5.58. The van der Waals surface area contributed by atoms with Crippen molar-refractivity contribution in [2.75, 3.05) is 12.4 Å². The molecule has 0 unspecified atom stereocenters. The Labute approximate surface area is 179 Å². The summed E-state index contributed by atoms with van der Waals surface area (Å²) in [5.74, 6) is 0.546. The second kappa shape index (κ2) is 8.10. The van der Waals surface area contributed by atoms with Gasteiger partial charge < -0.3 is 14.6 Å². The number of fused-ring (bicyclic) bond motifs is 1. The smallest absolute Gasteiger partial charge is 0.281 e. The van der Waals surface area contributed by atoms with Crippen LogP contribution in [0.25, 0.3) is 16.5 Å². The summed E-state index contributed by atoms with van der Waals surface area (Å²) in [5, 5.41) is 8.61. The van der Waals surface area contributed by atoms with Crippen molar-refractivity contribution in [1.82, 2.24) is 14.3 Å². The molecule has 0 spiro atoms. The first kappa shape index (κ1) is 20.4. The van der Waals surface area contributed by atoms with E-state index in [0.29, 0.717) is 16.8 Å². The minimum atomic E-state index is -0.515. The summed E-state index contributed by atoms with van der Waals surface area (Å²) in [4.78, 5) is 26.2. The number of hydrogen-bond donors (Lipinski definition) is 1. The number of carbonyl (C=O) groups excluding carboxylic acids is 1. The number of amides is 1. The first-order valence-corrected chi connectivity index (χ1v) is 10.0. The molecule has 4 rings (SSSR count). The Morgan fingerprint density at radius 1 is 1.03 bits per heavy atom. The van der Waals surface area contributed by atoms with Crippen LogP contribution in [0, 0.1) is 13.8 Å². The fraction of sp³-hybridized carbons (Fsp3) is 0.208.